The van der Waals surface area contributed by atoms with Crippen LogP contribution in [0.25, 0.3) is 0 Å². The molecular weight excluding hydrogens is 234 g/mol. The molecule has 2 aliphatic rings. The summed E-state index contributed by atoms with van der Waals surface area (Å²) >= 11 is 0. The molecule has 2 fully saturated rings. The molecule has 19 heavy (non-hydrogen) atoms. The van der Waals surface area contributed by atoms with Gasteiger partial charge in [0, 0.05) is 31.0 Å². The van der Waals surface area contributed by atoms with Gasteiger partial charge in [-0.05, 0) is 50.4 Å². The lowest BCUT2D eigenvalue weighted by molar-refractivity contribution is 0.212. The van der Waals surface area contributed by atoms with E-state index in [-0.39, 0.29) is 0 Å². The van der Waals surface area contributed by atoms with Gasteiger partial charge in [0.1, 0.15) is 0 Å². The molecule has 0 unspecified atom stereocenters. The molecule has 1 saturated carbocycles. The second-order valence-corrected chi connectivity index (χ2v) is 6.16. The Balaban J connectivity index is 1.57. The summed E-state index contributed by atoms with van der Waals surface area (Å²) in [5.74, 6) is 0. The van der Waals surface area contributed by atoms with E-state index in [1.807, 2.05) is 18.5 Å². The number of aromatic nitrogens is 1. The number of pyridine rings is 1. The minimum absolute atomic E-state index is 0.436. The van der Waals surface area contributed by atoms with E-state index in [0.29, 0.717) is 5.54 Å². The van der Waals surface area contributed by atoms with Crippen LogP contribution in [0.5, 0.6) is 0 Å². The quantitative estimate of drug-likeness (QED) is 0.902. The Morgan fingerprint density at radius 2 is 2.16 bits per heavy atom. The summed E-state index contributed by atoms with van der Waals surface area (Å²) in [4.78, 5) is 6.87. The zero-order valence-corrected chi connectivity index (χ0v) is 11.8. The first kappa shape index (κ1) is 13.1. The molecule has 1 saturated heterocycles. The Morgan fingerprint density at radius 1 is 1.26 bits per heavy atom. The Morgan fingerprint density at radius 3 is 2.95 bits per heavy atom. The van der Waals surface area contributed by atoms with Crippen LogP contribution in [0.1, 0.15) is 37.7 Å². The van der Waals surface area contributed by atoms with Crippen molar-refractivity contribution in [1.29, 1.82) is 0 Å². The monoisotopic (exact) mass is 259 g/mol. The van der Waals surface area contributed by atoms with Crippen molar-refractivity contribution < 1.29 is 0 Å². The molecule has 2 heterocycles. The Kier molecular flexibility index (Phi) is 4.14. The normalized spacial score (nSPS) is 23.6. The summed E-state index contributed by atoms with van der Waals surface area (Å²) in [6.45, 7) is 4.86. The molecule has 0 atom stereocenters. The van der Waals surface area contributed by atoms with Crippen LogP contribution in [0.4, 0.5) is 0 Å². The molecule has 0 amide bonds. The lowest BCUT2D eigenvalue weighted by Gasteiger charge is -2.33. The lowest BCUT2D eigenvalue weighted by atomic mass is 9.97. The number of hydrogen-bond donors (Lipinski definition) is 1. The van der Waals surface area contributed by atoms with Crippen LogP contribution in [-0.2, 0) is 6.42 Å². The van der Waals surface area contributed by atoms with E-state index in [9.17, 15) is 0 Å². The summed E-state index contributed by atoms with van der Waals surface area (Å²) in [6.07, 6.45) is 11.8. The van der Waals surface area contributed by atoms with Gasteiger partial charge >= 0.3 is 0 Å². The van der Waals surface area contributed by atoms with Gasteiger partial charge < -0.3 is 10.2 Å². The van der Waals surface area contributed by atoms with Crippen molar-refractivity contribution in [2.24, 2.45) is 0 Å². The second kappa shape index (κ2) is 6.02. The number of nitrogens with zero attached hydrogens (tertiary/aromatic N) is 2. The minimum atomic E-state index is 0.436. The number of rotatable bonds is 3. The molecule has 1 spiro atoms. The highest BCUT2D eigenvalue weighted by Crippen LogP contribution is 2.31. The Hall–Kier alpha value is -0.930. The predicted molar refractivity (Wildman–Crippen MR) is 78.2 cm³/mol. The van der Waals surface area contributed by atoms with E-state index in [4.69, 9.17) is 0 Å². The second-order valence-electron chi connectivity index (χ2n) is 6.16. The van der Waals surface area contributed by atoms with Crippen LogP contribution < -0.4 is 5.32 Å². The summed E-state index contributed by atoms with van der Waals surface area (Å²) in [5.41, 5.74) is 1.80. The topological polar surface area (TPSA) is 28.2 Å². The van der Waals surface area contributed by atoms with E-state index in [1.54, 1.807) is 0 Å². The largest absolute Gasteiger partial charge is 0.310 e. The molecule has 0 bridgehead atoms. The van der Waals surface area contributed by atoms with E-state index in [2.05, 4.69) is 21.3 Å². The zero-order chi connectivity index (χ0) is 13.0. The van der Waals surface area contributed by atoms with Gasteiger partial charge in [0.25, 0.3) is 0 Å². The van der Waals surface area contributed by atoms with Crippen LogP contribution in [0.3, 0.4) is 0 Å². The maximum Gasteiger partial charge on any atom is 0.0308 e. The summed E-state index contributed by atoms with van der Waals surface area (Å²) in [7, 11) is 0. The first-order valence-electron chi connectivity index (χ1n) is 7.73. The molecule has 0 aromatic carbocycles. The van der Waals surface area contributed by atoms with Crippen molar-refractivity contribution >= 4 is 0 Å². The van der Waals surface area contributed by atoms with Gasteiger partial charge in [0.2, 0.25) is 0 Å². The third kappa shape index (κ3) is 3.34. The minimum Gasteiger partial charge on any atom is -0.310 e. The van der Waals surface area contributed by atoms with Crippen LogP contribution in [0.2, 0.25) is 0 Å². The highest BCUT2D eigenvalue weighted by atomic mass is 15.2. The maximum absolute atomic E-state index is 4.21. The molecule has 1 aliphatic carbocycles. The van der Waals surface area contributed by atoms with Crippen molar-refractivity contribution in [3.8, 4) is 0 Å². The van der Waals surface area contributed by atoms with Crippen LogP contribution >= 0.6 is 0 Å². The fourth-order valence-electron chi connectivity index (χ4n) is 3.63. The third-order valence-corrected chi connectivity index (χ3v) is 4.68. The lowest BCUT2D eigenvalue weighted by Crippen LogP contribution is -2.49. The van der Waals surface area contributed by atoms with Gasteiger partial charge in [-0.25, -0.2) is 0 Å². The molecule has 104 valence electrons. The third-order valence-electron chi connectivity index (χ3n) is 4.68. The van der Waals surface area contributed by atoms with Crippen molar-refractivity contribution in [1.82, 2.24) is 15.2 Å². The first-order valence-corrected chi connectivity index (χ1v) is 7.73. The van der Waals surface area contributed by atoms with Crippen LogP contribution in [0.15, 0.2) is 24.5 Å². The SMILES string of the molecule is c1cncc(CCN2CCCNC3(CCCC3)C2)c1. The predicted octanol–water partition coefficient (Wildman–Crippen LogP) is 2.23. The van der Waals surface area contributed by atoms with E-state index in [0.717, 1.165) is 6.42 Å². The van der Waals surface area contributed by atoms with Gasteiger partial charge in [-0.1, -0.05) is 18.9 Å². The smallest absolute Gasteiger partial charge is 0.0308 e. The van der Waals surface area contributed by atoms with E-state index in [1.165, 1.54) is 63.8 Å². The maximum atomic E-state index is 4.21. The molecule has 1 aliphatic heterocycles. The standard InChI is InChI=1S/C16H25N3/c1-2-8-16(7-1)14-19(11-4-10-18-16)12-6-15-5-3-9-17-13-15/h3,5,9,13,18H,1-2,4,6-8,10-12,14H2. The van der Waals surface area contributed by atoms with Crippen molar-refractivity contribution in [3.63, 3.8) is 0 Å². The zero-order valence-electron chi connectivity index (χ0n) is 11.8. The van der Waals surface area contributed by atoms with Crippen LogP contribution in [-0.4, -0.2) is 41.6 Å². The fourth-order valence-corrected chi connectivity index (χ4v) is 3.63. The molecule has 1 N–H and O–H groups in total. The molecule has 1 aromatic heterocycles. The van der Waals surface area contributed by atoms with Gasteiger partial charge in [-0.15, -0.1) is 0 Å². The highest BCUT2D eigenvalue weighted by molar-refractivity contribution is 5.09. The molecule has 3 rings (SSSR count). The van der Waals surface area contributed by atoms with Crippen molar-refractivity contribution in [3.05, 3.63) is 30.1 Å². The molecule has 3 heteroatoms. The van der Waals surface area contributed by atoms with Crippen LogP contribution in [0, 0.1) is 0 Å². The summed E-state index contributed by atoms with van der Waals surface area (Å²) < 4.78 is 0. The molecular formula is C16H25N3. The molecule has 0 radical (unpaired) electrons. The Labute approximate surface area is 116 Å². The first-order chi connectivity index (χ1) is 9.36. The van der Waals surface area contributed by atoms with Crippen molar-refractivity contribution in [2.45, 2.75) is 44.1 Å². The van der Waals surface area contributed by atoms with Crippen molar-refractivity contribution in [2.75, 3.05) is 26.2 Å². The number of nitrogens with one attached hydrogen (secondary N) is 1. The highest BCUT2D eigenvalue weighted by Gasteiger charge is 2.36. The van der Waals surface area contributed by atoms with Gasteiger partial charge in [0.05, 0.1) is 0 Å². The molecule has 1 aromatic rings. The van der Waals surface area contributed by atoms with Gasteiger partial charge in [-0.3, -0.25) is 4.98 Å². The van der Waals surface area contributed by atoms with Gasteiger partial charge in [0.15, 0.2) is 0 Å². The average Bonchev–Trinajstić information content (AvgIpc) is 2.80. The summed E-state index contributed by atoms with van der Waals surface area (Å²) in [5, 5.41) is 3.83. The Bertz CT molecular complexity index is 384. The van der Waals surface area contributed by atoms with E-state index >= 15 is 0 Å². The molecule has 3 nitrogen and oxygen atoms in total. The average molecular weight is 259 g/mol. The fraction of sp³-hybridized carbons (Fsp3) is 0.688. The number of hydrogen-bond acceptors (Lipinski definition) is 3. The van der Waals surface area contributed by atoms with E-state index < -0.39 is 0 Å². The van der Waals surface area contributed by atoms with Gasteiger partial charge in [-0.2, -0.15) is 0 Å². The summed E-state index contributed by atoms with van der Waals surface area (Å²) in [6, 6.07) is 4.23.